The maximum Gasteiger partial charge on any atom is 1.00 e. The van der Waals surface area contributed by atoms with E-state index in [1.165, 1.54) is 0 Å². The van der Waals surface area contributed by atoms with Crippen LogP contribution in [0.15, 0.2) is 0 Å². The molecule has 0 unspecified atom stereocenters. The number of halogens is 3. The smallest absolute Gasteiger partial charge is 0.748 e. The number of hydrogen-bond acceptors (Lipinski definition) is 3. The van der Waals surface area contributed by atoms with E-state index in [1.54, 1.807) is 0 Å². The summed E-state index contributed by atoms with van der Waals surface area (Å²) >= 11 is 0. The Bertz CT molecular complexity index is 305. The van der Waals surface area contributed by atoms with Crippen LogP contribution >= 0.6 is 0 Å². The summed E-state index contributed by atoms with van der Waals surface area (Å²) in [5, 5.41) is 0. The predicted molar refractivity (Wildman–Crippen MR) is 62.2 cm³/mol. The third-order valence-electron chi connectivity index (χ3n) is 2.60. The Morgan fingerprint density at radius 2 is 1.16 bits per heavy atom. The summed E-state index contributed by atoms with van der Waals surface area (Å²) in [6.45, 7) is 0. The maximum atomic E-state index is 11.8. The van der Waals surface area contributed by atoms with Gasteiger partial charge in [0.2, 0.25) is 0 Å². The zero-order valence-corrected chi connectivity index (χ0v) is 14.2. The average Bonchev–Trinajstić information content (AvgIpc) is 2.17. The molecule has 8 heteroatoms. The normalized spacial score (nSPS) is 12.2. The second-order valence-corrected chi connectivity index (χ2v) is 5.98. The zero-order valence-electron chi connectivity index (χ0n) is 11.3. The van der Waals surface area contributed by atoms with Crippen LogP contribution in [0.25, 0.3) is 0 Å². The summed E-state index contributed by atoms with van der Waals surface area (Å²) in [6, 6.07) is 0. The molecule has 0 rings (SSSR count). The van der Waals surface area contributed by atoms with E-state index in [4.69, 9.17) is 0 Å². The fourth-order valence-electron chi connectivity index (χ4n) is 1.66. The van der Waals surface area contributed by atoms with Crippen molar-refractivity contribution in [1.29, 1.82) is 0 Å². The third kappa shape index (κ3) is 21.2. The molecule has 0 aliphatic rings. The van der Waals surface area contributed by atoms with Gasteiger partial charge in [-0.25, -0.2) is 8.42 Å². The number of rotatable bonds is 10. The van der Waals surface area contributed by atoms with E-state index >= 15 is 0 Å². The largest absolute Gasteiger partial charge is 1.00 e. The van der Waals surface area contributed by atoms with Gasteiger partial charge in [0.05, 0.1) is 10.1 Å². The molecule has 0 heterocycles. The molecule has 0 atom stereocenters. The molecule has 0 aromatic rings. The molecule has 19 heavy (non-hydrogen) atoms. The van der Waals surface area contributed by atoms with Gasteiger partial charge in [-0.1, -0.05) is 38.5 Å². The Kier molecular flexibility index (Phi) is 13.2. The Morgan fingerprint density at radius 3 is 1.53 bits per heavy atom. The molecule has 0 N–H and O–H groups in total. The van der Waals surface area contributed by atoms with Gasteiger partial charge in [0, 0.05) is 12.2 Å². The minimum atomic E-state index is -4.10. The molecule has 0 aliphatic carbocycles. The minimum Gasteiger partial charge on any atom is -0.748 e. The average molecular weight is 312 g/mol. The molecule has 0 radical (unpaired) electrons. The van der Waals surface area contributed by atoms with E-state index in [0.29, 0.717) is 19.3 Å². The monoisotopic (exact) mass is 312 g/mol. The topological polar surface area (TPSA) is 57.2 Å². The molecule has 3 nitrogen and oxygen atoms in total. The summed E-state index contributed by atoms with van der Waals surface area (Å²) in [5.41, 5.74) is 0. The summed E-state index contributed by atoms with van der Waals surface area (Å²) in [7, 11) is -4.10. The van der Waals surface area contributed by atoms with Gasteiger partial charge in [0.25, 0.3) is 0 Å². The Morgan fingerprint density at radius 1 is 0.789 bits per heavy atom. The van der Waals surface area contributed by atoms with Crippen LogP contribution in [0.3, 0.4) is 0 Å². The summed E-state index contributed by atoms with van der Waals surface area (Å²) in [6.07, 6.45) is 0.395. The molecule has 0 aromatic heterocycles. The first-order valence-corrected chi connectivity index (χ1v) is 7.79. The van der Waals surface area contributed by atoms with Crippen LogP contribution in [0.4, 0.5) is 13.2 Å². The second kappa shape index (κ2) is 11.4. The summed E-state index contributed by atoms with van der Waals surface area (Å²) in [5.74, 6) is -0.321. The van der Waals surface area contributed by atoms with Crippen LogP contribution in [-0.4, -0.2) is 24.9 Å². The SMILES string of the molecule is O=S(=O)([O-])CCCCCCCCCCC(F)(F)F.[Na+]. The van der Waals surface area contributed by atoms with Gasteiger partial charge in [-0.15, -0.1) is 0 Å². The van der Waals surface area contributed by atoms with Gasteiger partial charge in [-0.05, 0) is 12.8 Å². The van der Waals surface area contributed by atoms with E-state index in [2.05, 4.69) is 0 Å². The van der Waals surface area contributed by atoms with Crippen LogP contribution in [0.1, 0.15) is 57.8 Å². The van der Waals surface area contributed by atoms with Gasteiger partial charge >= 0.3 is 35.7 Å². The summed E-state index contributed by atoms with van der Waals surface area (Å²) < 4.78 is 66.2. The Hall–Kier alpha value is 0.700. The van der Waals surface area contributed by atoms with Crippen LogP contribution < -0.4 is 29.6 Å². The number of alkyl halides is 3. The van der Waals surface area contributed by atoms with Crippen molar-refractivity contribution in [2.24, 2.45) is 0 Å². The van der Waals surface area contributed by atoms with Crippen LogP contribution in [0.5, 0.6) is 0 Å². The van der Waals surface area contributed by atoms with E-state index in [9.17, 15) is 26.1 Å². The van der Waals surface area contributed by atoms with Gasteiger partial charge in [0.15, 0.2) is 0 Å². The first-order chi connectivity index (χ1) is 8.21. The molecular weight excluding hydrogens is 292 g/mol. The molecule has 0 bridgehead atoms. The van der Waals surface area contributed by atoms with Gasteiger partial charge in [0.1, 0.15) is 0 Å². The second-order valence-electron chi connectivity index (χ2n) is 4.46. The third-order valence-corrected chi connectivity index (χ3v) is 3.39. The Balaban J connectivity index is 0. The van der Waals surface area contributed by atoms with Crippen LogP contribution in [0, 0.1) is 0 Å². The fraction of sp³-hybridized carbons (Fsp3) is 1.00. The Labute approximate surface area is 135 Å². The van der Waals surface area contributed by atoms with Crippen molar-refractivity contribution < 1.29 is 55.7 Å². The minimum absolute atomic E-state index is 0. The van der Waals surface area contributed by atoms with Crippen molar-refractivity contribution in [2.45, 2.75) is 64.0 Å². The van der Waals surface area contributed by atoms with E-state index in [0.717, 1.165) is 25.7 Å². The quantitative estimate of drug-likeness (QED) is 0.337. The predicted octanol–water partition coefficient (Wildman–Crippen LogP) is 0.609. The van der Waals surface area contributed by atoms with Crippen LogP contribution in [-0.2, 0) is 10.1 Å². The molecule has 0 spiro atoms. The number of hydrogen-bond donors (Lipinski definition) is 0. The standard InChI is InChI=1S/C11H21F3O3S.Na/c12-11(13,14)9-7-5-3-1-2-4-6-8-10-18(15,16)17;/h1-10H2,(H,15,16,17);/q;+1/p-1. The van der Waals surface area contributed by atoms with Crippen molar-refractivity contribution in [2.75, 3.05) is 5.75 Å². The van der Waals surface area contributed by atoms with Gasteiger partial charge in [-0.3, -0.25) is 0 Å². The van der Waals surface area contributed by atoms with Gasteiger partial charge < -0.3 is 4.55 Å². The molecule has 0 saturated heterocycles. The first kappa shape index (κ1) is 22.0. The van der Waals surface area contributed by atoms with Crippen molar-refractivity contribution in [1.82, 2.24) is 0 Å². The van der Waals surface area contributed by atoms with Crippen molar-refractivity contribution >= 4 is 10.1 Å². The van der Waals surface area contributed by atoms with Crippen LogP contribution in [0.2, 0.25) is 0 Å². The van der Waals surface area contributed by atoms with E-state index in [1.807, 2.05) is 0 Å². The zero-order chi connectivity index (χ0) is 14.1. The molecule has 110 valence electrons. The molecule has 0 saturated carbocycles. The van der Waals surface area contributed by atoms with Crippen molar-refractivity contribution in [3.63, 3.8) is 0 Å². The first-order valence-electron chi connectivity index (χ1n) is 6.21. The van der Waals surface area contributed by atoms with E-state index < -0.39 is 22.7 Å². The fourth-order valence-corrected chi connectivity index (χ4v) is 2.22. The van der Waals surface area contributed by atoms with Gasteiger partial charge in [-0.2, -0.15) is 13.2 Å². The molecule has 0 fully saturated rings. The van der Waals surface area contributed by atoms with Crippen molar-refractivity contribution in [3.05, 3.63) is 0 Å². The summed E-state index contributed by atoms with van der Waals surface area (Å²) in [4.78, 5) is 0. The maximum absolute atomic E-state index is 11.8. The molecule has 0 aromatic carbocycles. The van der Waals surface area contributed by atoms with Crippen molar-refractivity contribution in [3.8, 4) is 0 Å². The number of unbranched alkanes of at least 4 members (excludes halogenated alkanes) is 7. The molecule has 0 amide bonds. The van der Waals surface area contributed by atoms with E-state index in [-0.39, 0.29) is 41.7 Å². The molecular formula is C11H20F3NaO3S. The molecule has 0 aliphatic heterocycles.